The Balaban J connectivity index is 1.91. The van der Waals surface area contributed by atoms with Gasteiger partial charge < -0.3 is 10.6 Å². The molecule has 2 N–H and O–H groups in total. The summed E-state index contributed by atoms with van der Waals surface area (Å²) in [7, 11) is 0. The van der Waals surface area contributed by atoms with Crippen molar-refractivity contribution in [3.05, 3.63) is 18.1 Å². The zero-order valence-corrected chi connectivity index (χ0v) is 12.2. The minimum absolute atomic E-state index is 0.118. The van der Waals surface area contributed by atoms with Crippen molar-refractivity contribution in [3.63, 3.8) is 0 Å². The molecule has 0 bridgehead atoms. The van der Waals surface area contributed by atoms with Gasteiger partial charge in [0.15, 0.2) is 0 Å². The third-order valence-electron chi connectivity index (χ3n) is 3.67. The minimum atomic E-state index is -0.118. The van der Waals surface area contributed by atoms with Gasteiger partial charge in [-0.05, 0) is 19.3 Å². The van der Waals surface area contributed by atoms with E-state index in [1.807, 2.05) is 0 Å². The van der Waals surface area contributed by atoms with E-state index in [0.717, 1.165) is 18.7 Å². The van der Waals surface area contributed by atoms with Crippen LogP contribution in [0.25, 0.3) is 0 Å². The number of amides is 1. The number of hydrogen-bond acceptors (Lipinski definition) is 4. The first-order chi connectivity index (χ1) is 9.79. The molecule has 1 aliphatic carbocycles. The highest BCUT2D eigenvalue weighted by Gasteiger charge is 2.14. The Morgan fingerprint density at radius 3 is 2.85 bits per heavy atom. The number of nitrogens with zero attached hydrogens (tertiary/aromatic N) is 2. The summed E-state index contributed by atoms with van der Waals surface area (Å²) < 4.78 is 0. The van der Waals surface area contributed by atoms with Crippen molar-refractivity contribution >= 4 is 11.7 Å². The van der Waals surface area contributed by atoms with Crippen molar-refractivity contribution in [2.45, 2.75) is 57.9 Å². The van der Waals surface area contributed by atoms with Gasteiger partial charge in [-0.2, -0.15) is 0 Å². The first kappa shape index (κ1) is 14.8. The molecule has 1 aromatic rings. The number of carbonyl (C=O) groups excluding carboxylic acids is 1. The first-order valence-corrected chi connectivity index (χ1v) is 7.66. The lowest BCUT2D eigenvalue weighted by molar-refractivity contribution is 0.0948. The van der Waals surface area contributed by atoms with Gasteiger partial charge in [0.05, 0.1) is 0 Å². The summed E-state index contributed by atoms with van der Waals surface area (Å²) in [6.07, 6.45) is 9.75. The average molecular weight is 276 g/mol. The third-order valence-corrected chi connectivity index (χ3v) is 3.67. The molecule has 1 heterocycles. The molecule has 0 saturated heterocycles. The molecule has 0 unspecified atom stereocenters. The third kappa shape index (κ3) is 4.47. The average Bonchev–Trinajstić information content (AvgIpc) is 2.49. The Morgan fingerprint density at radius 2 is 2.10 bits per heavy atom. The molecule has 2 rings (SSSR count). The van der Waals surface area contributed by atoms with Crippen LogP contribution in [0, 0.1) is 0 Å². The number of hydrogen-bond donors (Lipinski definition) is 2. The molecular formula is C15H24N4O. The van der Waals surface area contributed by atoms with Crippen molar-refractivity contribution in [1.82, 2.24) is 15.3 Å². The second-order valence-electron chi connectivity index (χ2n) is 5.38. The van der Waals surface area contributed by atoms with Crippen molar-refractivity contribution in [2.24, 2.45) is 0 Å². The van der Waals surface area contributed by atoms with Gasteiger partial charge in [0.25, 0.3) is 5.91 Å². The highest BCUT2D eigenvalue weighted by Crippen LogP contribution is 2.20. The van der Waals surface area contributed by atoms with Crippen LogP contribution in [0.15, 0.2) is 12.4 Å². The number of anilines is 1. The molecule has 0 aromatic carbocycles. The fourth-order valence-corrected chi connectivity index (χ4v) is 2.49. The van der Waals surface area contributed by atoms with Gasteiger partial charge >= 0.3 is 0 Å². The van der Waals surface area contributed by atoms with E-state index < -0.39 is 0 Å². The molecule has 1 aromatic heterocycles. The number of carbonyl (C=O) groups is 1. The SMILES string of the molecule is CCCCNC(=O)c1cc(NC2CCCCC2)ncn1. The lowest BCUT2D eigenvalue weighted by atomic mass is 9.95. The Kier molecular flexibility index (Phi) is 5.77. The fourth-order valence-electron chi connectivity index (χ4n) is 2.49. The van der Waals surface area contributed by atoms with E-state index in [1.165, 1.54) is 38.4 Å². The molecular weight excluding hydrogens is 252 g/mol. The Hall–Kier alpha value is -1.65. The van der Waals surface area contributed by atoms with Gasteiger partial charge in [-0.3, -0.25) is 4.79 Å². The Bertz CT molecular complexity index is 430. The molecule has 20 heavy (non-hydrogen) atoms. The monoisotopic (exact) mass is 276 g/mol. The zero-order valence-electron chi connectivity index (χ0n) is 12.2. The Labute approximate surface area is 120 Å². The summed E-state index contributed by atoms with van der Waals surface area (Å²) >= 11 is 0. The largest absolute Gasteiger partial charge is 0.367 e. The van der Waals surface area contributed by atoms with Gasteiger partial charge in [-0.15, -0.1) is 0 Å². The molecule has 110 valence electrons. The molecule has 1 fully saturated rings. The summed E-state index contributed by atoms with van der Waals surface area (Å²) in [4.78, 5) is 20.2. The lowest BCUT2D eigenvalue weighted by Gasteiger charge is -2.23. The van der Waals surface area contributed by atoms with E-state index in [-0.39, 0.29) is 5.91 Å². The molecule has 5 nitrogen and oxygen atoms in total. The maximum atomic E-state index is 11.9. The van der Waals surface area contributed by atoms with Crippen LogP contribution in [0.4, 0.5) is 5.82 Å². The topological polar surface area (TPSA) is 66.9 Å². The molecule has 1 saturated carbocycles. The summed E-state index contributed by atoms with van der Waals surface area (Å²) in [5.74, 6) is 0.639. The van der Waals surface area contributed by atoms with E-state index in [1.54, 1.807) is 6.07 Å². The first-order valence-electron chi connectivity index (χ1n) is 7.66. The fraction of sp³-hybridized carbons (Fsp3) is 0.667. The van der Waals surface area contributed by atoms with Gasteiger partial charge in [0.1, 0.15) is 17.8 Å². The number of unbranched alkanes of at least 4 members (excludes halogenated alkanes) is 1. The van der Waals surface area contributed by atoms with E-state index >= 15 is 0 Å². The van der Waals surface area contributed by atoms with E-state index in [2.05, 4.69) is 27.5 Å². The molecule has 1 aliphatic rings. The van der Waals surface area contributed by atoms with Crippen LogP contribution in [0.2, 0.25) is 0 Å². The van der Waals surface area contributed by atoms with Crippen molar-refractivity contribution < 1.29 is 4.79 Å². The highest BCUT2D eigenvalue weighted by atomic mass is 16.1. The van der Waals surface area contributed by atoms with Crippen LogP contribution in [-0.4, -0.2) is 28.5 Å². The second-order valence-corrected chi connectivity index (χ2v) is 5.38. The van der Waals surface area contributed by atoms with Gasteiger partial charge in [-0.1, -0.05) is 32.6 Å². The Morgan fingerprint density at radius 1 is 1.30 bits per heavy atom. The molecule has 0 radical (unpaired) electrons. The summed E-state index contributed by atoms with van der Waals surface area (Å²) in [5.41, 5.74) is 0.439. The van der Waals surface area contributed by atoms with Crippen LogP contribution in [0.3, 0.4) is 0 Å². The summed E-state index contributed by atoms with van der Waals surface area (Å²) in [6, 6.07) is 2.23. The molecule has 0 atom stereocenters. The number of rotatable bonds is 6. The van der Waals surface area contributed by atoms with Gasteiger partial charge in [0.2, 0.25) is 0 Å². The van der Waals surface area contributed by atoms with E-state index in [9.17, 15) is 4.79 Å². The zero-order chi connectivity index (χ0) is 14.2. The summed E-state index contributed by atoms with van der Waals surface area (Å²) in [5, 5.41) is 6.29. The standard InChI is InChI=1S/C15H24N4O/c1-2-3-9-16-15(20)13-10-14(18-11-17-13)19-12-7-5-4-6-8-12/h10-12H,2-9H2,1H3,(H,16,20)(H,17,18,19). The van der Waals surface area contributed by atoms with Crippen molar-refractivity contribution in [3.8, 4) is 0 Å². The van der Waals surface area contributed by atoms with Crippen molar-refractivity contribution in [1.29, 1.82) is 0 Å². The number of aromatic nitrogens is 2. The van der Waals surface area contributed by atoms with E-state index in [4.69, 9.17) is 0 Å². The van der Waals surface area contributed by atoms with Gasteiger partial charge in [-0.25, -0.2) is 9.97 Å². The van der Waals surface area contributed by atoms with Crippen LogP contribution in [0.5, 0.6) is 0 Å². The molecule has 5 heteroatoms. The molecule has 1 amide bonds. The maximum absolute atomic E-state index is 11.9. The van der Waals surface area contributed by atoms with Crippen LogP contribution < -0.4 is 10.6 Å². The molecule has 0 aliphatic heterocycles. The smallest absolute Gasteiger partial charge is 0.270 e. The second kappa shape index (κ2) is 7.82. The predicted molar refractivity (Wildman–Crippen MR) is 79.8 cm³/mol. The van der Waals surface area contributed by atoms with Crippen LogP contribution in [0.1, 0.15) is 62.4 Å². The van der Waals surface area contributed by atoms with Crippen LogP contribution in [-0.2, 0) is 0 Å². The summed E-state index contributed by atoms with van der Waals surface area (Å²) in [6.45, 7) is 2.80. The highest BCUT2D eigenvalue weighted by molar-refractivity contribution is 5.92. The maximum Gasteiger partial charge on any atom is 0.270 e. The van der Waals surface area contributed by atoms with Gasteiger partial charge in [0, 0.05) is 18.7 Å². The van der Waals surface area contributed by atoms with E-state index in [0.29, 0.717) is 18.3 Å². The van der Waals surface area contributed by atoms with Crippen LogP contribution >= 0.6 is 0 Å². The van der Waals surface area contributed by atoms with Crippen molar-refractivity contribution in [2.75, 3.05) is 11.9 Å². The minimum Gasteiger partial charge on any atom is -0.367 e. The quantitative estimate of drug-likeness (QED) is 0.784. The lowest BCUT2D eigenvalue weighted by Crippen LogP contribution is -2.26. The normalized spacial score (nSPS) is 15.8. The molecule has 0 spiro atoms. The predicted octanol–water partition coefficient (Wildman–Crippen LogP) is 2.75. The number of nitrogens with one attached hydrogen (secondary N) is 2.